The maximum absolute atomic E-state index is 11.8. The average molecular weight is 234 g/mol. The predicted octanol–water partition coefficient (Wildman–Crippen LogP) is 4.52. The molecule has 0 saturated carbocycles. The number of carbonyl (C=O) groups is 1. The first-order valence-electron chi connectivity index (χ1n) is 7.32. The van der Waals surface area contributed by atoms with Crippen molar-refractivity contribution in [1.82, 2.24) is 0 Å². The van der Waals surface area contributed by atoms with Crippen LogP contribution in [0.2, 0.25) is 0 Å². The van der Waals surface area contributed by atoms with E-state index in [0.29, 0.717) is 17.6 Å². The normalized spacial score (nSPS) is 34.9. The molecule has 2 aliphatic rings. The van der Waals surface area contributed by atoms with E-state index in [2.05, 4.69) is 13.8 Å². The van der Waals surface area contributed by atoms with Gasteiger partial charge in [-0.2, -0.15) is 0 Å². The van der Waals surface area contributed by atoms with E-state index in [0.717, 1.165) is 0 Å². The van der Waals surface area contributed by atoms with Crippen molar-refractivity contribution in [1.29, 1.82) is 0 Å². The monoisotopic (exact) mass is 234 g/mol. The highest BCUT2D eigenvalue weighted by Gasteiger charge is 2.35. The van der Waals surface area contributed by atoms with E-state index in [9.17, 15) is 4.79 Å². The van der Waals surface area contributed by atoms with E-state index in [-0.39, 0.29) is 5.92 Å². The van der Waals surface area contributed by atoms with Gasteiger partial charge in [0.2, 0.25) is 0 Å². The van der Waals surface area contributed by atoms with Gasteiger partial charge in [-0.1, -0.05) is 37.8 Å². The molecule has 0 aromatic heterocycles. The van der Waals surface area contributed by atoms with Crippen molar-refractivity contribution in [3.63, 3.8) is 0 Å². The van der Waals surface area contributed by atoms with Gasteiger partial charge in [0.25, 0.3) is 0 Å². The summed E-state index contributed by atoms with van der Waals surface area (Å²) in [5, 5.41) is 0. The number of hydrogen-bond acceptors (Lipinski definition) is 1. The van der Waals surface area contributed by atoms with Crippen LogP contribution < -0.4 is 0 Å². The maximum Gasteiger partial charge on any atom is 0.133 e. The molecule has 0 aromatic carbocycles. The third kappa shape index (κ3) is 2.64. The Hall–Kier alpha value is -0.590. The van der Waals surface area contributed by atoms with Crippen molar-refractivity contribution in [2.45, 2.75) is 65.7 Å². The molecule has 1 nitrogen and oxygen atoms in total. The molecule has 0 spiro atoms. The molecule has 96 valence electrons. The fourth-order valence-corrected chi connectivity index (χ4v) is 4.11. The largest absolute Gasteiger partial charge is 0.300 e. The van der Waals surface area contributed by atoms with E-state index >= 15 is 0 Å². The van der Waals surface area contributed by atoms with Gasteiger partial charge in [-0.3, -0.25) is 4.79 Å². The molecule has 3 atom stereocenters. The standard InChI is InChI=1S/C16H26O/c1-11-10-14-8-6-4-5-7-9-15(14)12(2)16(11)13(3)17/h11-12,16H,4-10H2,1-3H3/t11-,12-,16+/m0/s1. The first-order valence-corrected chi connectivity index (χ1v) is 7.32. The van der Waals surface area contributed by atoms with Crippen molar-refractivity contribution >= 4 is 5.78 Å². The van der Waals surface area contributed by atoms with Crippen molar-refractivity contribution in [2.24, 2.45) is 17.8 Å². The number of ketones is 1. The fraction of sp³-hybridized carbons (Fsp3) is 0.812. The molecule has 1 heteroatoms. The summed E-state index contributed by atoms with van der Waals surface area (Å²) in [6, 6.07) is 0. The minimum atomic E-state index is 0.285. The molecule has 0 N–H and O–H groups in total. The summed E-state index contributed by atoms with van der Waals surface area (Å²) in [5.74, 6) is 1.75. The fourth-order valence-electron chi connectivity index (χ4n) is 4.11. The summed E-state index contributed by atoms with van der Waals surface area (Å²) >= 11 is 0. The second-order valence-electron chi connectivity index (χ2n) is 6.15. The highest BCUT2D eigenvalue weighted by atomic mass is 16.1. The molecule has 0 aliphatic heterocycles. The van der Waals surface area contributed by atoms with Crippen molar-refractivity contribution in [3.05, 3.63) is 11.1 Å². The van der Waals surface area contributed by atoms with Gasteiger partial charge in [0.05, 0.1) is 0 Å². The first-order chi connectivity index (χ1) is 8.11. The summed E-state index contributed by atoms with van der Waals surface area (Å²) < 4.78 is 0. The lowest BCUT2D eigenvalue weighted by atomic mass is 9.66. The van der Waals surface area contributed by atoms with Crippen LogP contribution in [0.5, 0.6) is 0 Å². The molecule has 0 heterocycles. The van der Waals surface area contributed by atoms with Gasteiger partial charge >= 0.3 is 0 Å². The predicted molar refractivity (Wildman–Crippen MR) is 71.8 cm³/mol. The number of carbonyl (C=O) groups excluding carboxylic acids is 1. The third-order valence-electron chi connectivity index (χ3n) is 4.87. The Balaban J connectivity index is 2.26. The van der Waals surface area contributed by atoms with Gasteiger partial charge in [0, 0.05) is 5.92 Å². The van der Waals surface area contributed by atoms with Crippen LogP contribution >= 0.6 is 0 Å². The van der Waals surface area contributed by atoms with Gasteiger partial charge in [-0.25, -0.2) is 0 Å². The lowest BCUT2D eigenvalue weighted by molar-refractivity contribution is -0.123. The van der Waals surface area contributed by atoms with Crippen LogP contribution in [-0.4, -0.2) is 5.78 Å². The molecule has 2 rings (SSSR count). The van der Waals surface area contributed by atoms with Crippen LogP contribution in [0.4, 0.5) is 0 Å². The van der Waals surface area contributed by atoms with Crippen LogP contribution in [0.15, 0.2) is 11.1 Å². The van der Waals surface area contributed by atoms with E-state index in [4.69, 9.17) is 0 Å². The van der Waals surface area contributed by atoms with Crippen molar-refractivity contribution in [3.8, 4) is 0 Å². The van der Waals surface area contributed by atoms with Gasteiger partial charge in [0.15, 0.2) is 0 Å². The number of Topliss-reactive ketones (excluding diaryl/α,β-unsaturated/α-hetero) is 1. The van der Waals surface area contributed by atoms with Crippen LogP contribution in [0.1, 0.15) is 65.7 Å². The van der Waals surface area contributed by atoms with Gasteiger partial charge in [-0.15, -0.1) is 0 Å². The van der Waals surface area contributed by atoms with E-state index < -0.39 is 0 Å². The smallest absolute Gasteiger partial charge is 0.133 e. The number of hydrogen-bond donors (Lipinski definition) is 0. The zero-order valence-corrected chi connectivity index (χ0v) is 11.6. The second-order valence-corrected chi connectivity index (χ2v) is 6.15. The molecule has 0 saturated heterocycles. The molecule has 0 radical (unpaired) electrons. The third-order valence-corrected chi connectivity index (χ3v) is 4.87. The van der Waals surface area contributed by atoms with E-state index in [1.165, 1.54) is 44.9 Å². The van der Waals surface area contributed by atoms with Crippen molar-refractivity contribution in [2.75, 3.05) is 0 Å². The van der Waals surface area contributed by atoms with Crippen LogP contribution in [0.25, 0.3) is 0 Å². The molecule has 2 aliphatic carbocycles. The Morgan fingerprint density at radius 3 is 2.35 bits per heavy atom. The summed E-state index contributed by atoms with van der Waals surface area (Å²) in [5.41, 5.74) is 3.37. The van der Waals surface area contributed by atoms with Crippen LogP contribution in [0.3, 0.4) is 0 Å². The molecular formula is C16H26O. The molecular weight excluding hydrogens is 208 g/mol. The molecule has 17 heavy (non-hydrogen) atoms. The van der Waals surface area contributed by atoms with E-state index in [1.807, 2.05) is 0 Å². The SMILES string of the molecule is CC(=O)[C@@H]1[C@@H](C)CC2=C(CCCCCC2)[C@@H]1C. The van der Waals surface area contributed by atoms with E-state index in [1.54, 1.807) is 18.1 Å². The van der Waals surface area contributed by atoms with Gasteiger partial charge in [-0.05, 0) is 50.9 Å². The summed E-state index contributed by atoms with van der Waals surface area (Å²) in [6.07, 6.45) is 9.22. The number of allylic oxidation sites excluding steroid dienone is 2. The van der Waals surface area contributed by atoms with Gasteiger partial charge in [0.1, 0.15) is 5.78 Å². The minimum Gasteiger partial charge on any atom is -0.300 e. The Bertz CT molecular complexity index is 326. The Kier molecular flexibility index (Phi) is 4.06. The Morgan fingerprint density at radius 2 is 1.71 bits per heavy atom. The zero-order chi connectivity index (χ0) is 12.4. The molecule has 0 unspecified atom stereocenters. The second kappa shape index (κ2) is 5.37. The van der Waals surface area contributed by atoms with Crippen LogP contribution in [-0.2, 0) is 4.79 Å². The number of rotatable bonds is 1. The Labute approximate surface area is 106 Å². The quantitative estimate of drug-likeness (QED) is 0.610. The summed E-state index contributed by atoms with van der Waals surface area (Å²) in [6.45, 7) is 6.34. The lowest BCUT2D eigenvalue weighted by Crippen LogP contribution is -2.32. The summed E-state index contributed by atoms with van der Waals surface area (Å²) in [7, 11) is 0. The topological polar surface area (TPSA) is 17.1 Å². The molecule has 0 fully saturated rings. The summed E-state index contributed by atoms with van der Waals surface area (Å²) in [4.78, 5) is 11.8. The maximum atomic E-state index is 11.8. The molecule has 0 bridgehead atoms. The van der Waals surface area contributed by atoms with Crippen LogP contribution in [0, 0.1) is 17.8 Å². The molecule has 0 amide bonds. The first kappa shape index (κ1) is 12.9. The highest BCUT2D eigenvalue weighted by molar-refractivity contribution is 5.79. The molecule has 0 aromatic rings. The Morgan fingerprint density at radius 1 is 1.06 bits per heavy atom. The van der Waals surface area contributed by atoms with Gasteiger partial charge < -0.3 is 0 Å². The van der Waals surface area contributed by atoms with Crippen molar-refractivity contribution < 1.29 is 4.79 Å². The zero-order valence-electron chi connectivity index (χ0n) is 11.6. The minimum absolute atomic E-state index is 0.285. The average Bonchev–Trinajstić information content (AvgIpc) is 2.20. The lowest BCUT2D eigenvalue weighted by Gasteiger charge is -2.38. The highest BCUT2D eigenvalue weighted by Crippen LogP contribution is 2.43.